The summed E-state index contributed by atoms with van der Waals surface area (Å²) in [6.45, 7) is 0. The van der Waals surface area contributed by atoms with Gasteiger partial charge in [-0.25, -0.2) is 4.39 Å². The maximum atomic E-state index is 13.9. The van der Waals surface area contributed by atoms with E-state index in [1.165, 1.54) is 0 Å². The maximum Gasteiger partial charge on any atom is 0.142 e. The van der Waals surface area contributed by atoms with Crippen LogP contribution in [0.1, 0.15) is 16.5 Å². The van der Waals surface area contributed by atoms with Crippen molar-refractivity contribution >= 4 is 27.3 Å². The summed E-state index contributed by atoms with van der Waals surface area (Å²) in [5.41, 5.74) is 0.666. The van der Waals surface area contributed by atoms with Gasteiger partial charge in [0.05, 0.1) is 10.5 Å². The van der Waals surface area contributed by atoms with Crippen molar-refractivity contribution in [1.82, 2.24) is 5.32 Å². The van der Waals surface area contributed by atoms with E-state index in [0.29, 0.717) is 10.0 Å². The van der Waals surface area contributed by atoms with Gasteiger partial charge in [-0.15, -0.1) is 11.3 Å². The van der Waals surface area contributed by atoms with Crippen LogP contribution >= 0.6 is 27.3 Å². The normalized spacial score (nSPS) is 12.7. The minimum absolute atomic E-state index is 0.0856. The van der Waals surface area contributed by atoms with E-state index in [1.807, 2.05) is 30.6 Å². The Morgan fingerprint density at radius 3 is 2.75 bits per heavy atom. The van der Waals surface area contributed by atoms with Gasteiger partial charge in [-0.1, -0.05) is 18.2 Å². The standard InChI is InChI=1S/C12H11BrFNS/c1-15-12(10-6-3-7-16-10)8-4-2-5-9(13)11(8)14/h2-7,12,15H,1H3. The van der Waals surface area contributed by atoms with Gasteiger partial charge in [0.2, 0.25) is 0 Å². The molecule has 16 heavy (non-hydrogen) atoms. The van der Waals surface area contributed by atoms with Crippen molar-refractivity contribution < 1.29 is 4.39 Å². The minimum Gasteiger partial charge on any atom is -0.309 e. The van der Waals surface area contributed by atoms with Crippen LogP contribution in [0.2, 0.25) is 0 Å². The highest BCUT2D eigenvalue weighted by molar-refractivity contribution is 9.10. The van der Waals surface area contributed by atoms with Crippen molar-refractivity contribution in [1.29, 1.82) is 0 Å². The quantitative estimate of drug-likeness (QED) is 0.905. The smallest absolute Gasteiger partial charge is 0.142 e. The monoisotopic (exact) mass is 299 g/mol. The molecule has 1 N–H and O–H groups in total. The van der Waals surface area contributed by atoms with Crippen molar-refractivity contribution in [2.45, 2.75) is 6.04 Å². The molecule has 0 aliphatic carbocycles. The summed E-state index contributed by atoms with van der Waals surface area (Å²) in [6.07, 6.45) is 0. The van der Waals surface area contributed by atoms with Gasteiger partial charge in [0, 0.05) is 10.4 Å². The lowest BCUT2D eigenvalue weighted by atomic mass is 10.1. The fraction of sp³-hybridized carbons (Fsp3) is 0.167. The van der Waals surface area contributed by atoms with Crippen LogP contribution in [0.5, 0.6) is 0 Å². The molecule has 1 aromatic heterocycles. The summed E-state index contributed by atoms with van der Waals surface area (Å²) in [7, 11) is 1.84. The Morgan fingerprint density at radius 2 is 2.12 bits per heavy atom. The first-order chi connectivity index (χ1) is 7.74. The lowest BCUT2D eigenvalue weighted by Crippen LogP contribution is -2.17. The molecule has 0 spiro atoms. The summed E-state index contributed by atoms with van der Waals surface area (Å²) in [4.78, 5) is 1.11. The van der Waals surface area contributed by atoms with Crippen molar-refractivity contribution in [3.63, 3.8) is 0 Å². The average molecular weight is 300 g/mol. The Kier molecular flexibility index (Phi) is 3.74. The van der Waals surface area contributed by atoms with Gasteiger partial charge in [0.1, 0.15) is 5.82 Å². The van der Waals surface area contributed by atoms with Crippen LogP contribution in [0.4, 0.5) is 4.39 Å². The van der Waals surface area contributed by atoms with Crippen LogP contribution in [-0.4, -0.2) is 7.05 Å². The summed E-state index contributed by atoms with van der Waals surface area (Å²) < 4.78 is 14.5. The molecule has 1 aromatic carbocycles. The predicted molar refractivity (Wildman–Crippen MR) is 69.3 cm³/mol. The molecule has 1 unspecified atom stereocenters. The van der Waals surface area contributed by atoms with Gasteiger partial charge >= 0.3 is 0 Å². The fourth-order valence-corrected chi connectivity index (χ4v) is 2.88. The lowest BCUT2D eigenvalue weighted by Gasteiger charge is -2.16. The molecule has 84 valence electrons. The number of hydrogen-bond donors (Lipinski definition) is 1. The second-order valence-corrected chi connectivity index (χ2v) is 5.21. The first kappa shape index (κ1) is 11.8. The zero-order valence-corrected chi connectivity index (χ0v) is 11.1. The topological polar surface area (TPSA) is 12.0 Å². The number of rotatable bonds is 3. The highest BCUT2D eigenvalue weighted by Crippen LogP contribution is 2.30. The molecule has 0 radical (unpaired) electrons. The molecule has 2 rings (SSSR count). The lowest BCUT2D eigenvalue weighted by molar-refractivity contribution is 0.574. The maximum absolute atomic E-state index is 13.9. The van der Waals surface area contributed by atoms with E-state index < -0.39 is 0 Å². The van der Waals surface area contributed by atoms with Crippen molar-refractivity contribution in [2.24, 2.45) is 0 Å². The molecular weight excluding hydrogens is 289 g/mol. The van der Waals surface area contributed by atoms with Crippen LogP contribution in [0.15, 0.2) is 40.2 Å². The van der Waals surface area contributed by atoms with E-state index in [-0.39, 0.29) is 11.9 Å². The predicted octanol–water partition coefficient (Wildman–Crippen LogP) is 3.96. The Balaban J connectivity index is 2.45. The first-order valence-electron chi connectivity index (χ1n) is 4.88. The third kappa shape index (κ3) is 2.19. The van der Waals surface area contributed by atoms with Gasteiger partial charge < -0.3 is 5.32 Å². The fourth-order valence-electron chi connectivity index (χ4n) is 1.65. The summed E-state index contributed by atoms with van der Waals surface area (Å²) in [5.74, 6) is -0.199. The van der Waals surface area contributed by atoms with E-state index >= 15 is 0 Å². The van der Waals surface area contributed by atoms with Crippen molar-refractivity contribution in [3.8, 4) is 0 Å². The Bertz CT molecular complexity index is 470. The van der Waals surface area contributed by atoms with Crippen LogP contribution < -0.4 is 5.32 Å². The molecule has 0 bridgehead atoms. The summed E-state index contributed by atoms with van der Waals surface area (Å²) in [5, 5.41) is 5.13. The van der Waals surface area contributed by atoms with E-state index in [9.17, 15) is 4.39 Å². The third-order valence-corrected chi connectivity index (χ3v) is 3.96. The van der Waals surface area contributed by atoms with Gasteiger partial charge in [-0.3, -0.25) is 0 Å². The molecule has 0 fully saturated rings. The van der Waals surface area contributed by atoms with Crippen molar-refractivity contribution in [2.75, 3.05) is 7.05 Å². The van der Waals surface area contributed by atoms with E-state index in [0.717, 1.165) is 4.88 Å². The van der Waals surface area contributed by atoms with Gasteiger partial charge in [-0.2, -0.15) is 0 Å². The first-order valence-corrected chi connectivity index (χ1v) is 6.56. The Labute approximate surface area is 106 Å². The minimum atomic E-state index is -0.199. The van der Waals surface area contributed by atoms with Gasteiger partial charge in [0.15, 0.2) is 0 Å². The van der Waals surface area contributed by atoms with Gasteiger partial charge in [0.25, 0.3) is 0 Å². The largest absolute Gasteiger partial charge is 0.309 e. The molecule has 1 nitrogen and oxygen atoms in total. The SMILES string of the molecule is CNC(c1cccs1)c1cccc(Br)c1F. The molecule has 2 aromatic rings. The molecular formula is C12H11BrFNS. The number of benzene rings is 1. The van der Waals surface area contributed by atoms with E-state index in [4.69, 9.17) is 0 Å². The zero-order valence-electron chi connectivity index (χ0n) is 8.71. The molecule has 0 saturated heterocycles. The number of thiophene rings is 1. The number of halogens is 2. The van der Waals surface area contributed by atoms with Gasteiger partial charge in [-0.05, 0) is 40.5 Å². The molecule has 1 atom stereocenters. The molecule has 0 aliphatic rings. The second-order valence-electron chi connectivity index (χ2n) is 3.38. The highest BCUT2D eigenvalue weighted by atomic mass is 79.9. The Hall–Kier alpha value is -0.710. The Morgan fingerprint density at radius 1 is 1.31 bits per heavy atom. The average Bonchev–Trinajstić information content (AvgIpc) is 2.79. The number of hydrogen-bond acceptors (Lipinski definition) is 2. The zero-order chi connectivity index (χ0) is 11.5. The van der Waals surface area contributed by atoms with Crippen LogP contribution in [0, 0.1) is 5.82 Å². The highest BCUT2D eigenvalue weighted by Gasteiger charge is 2.18. The number of nitrogens with one attached hydrogen (secondary N) is 1. The van der Waals surface area contributed by atoms with Crippen LogP contribution in [0.3, 0.4) is 0 Å². The third-order valence-electron chi connectivity index (χ3n) is 2.41. The van der Waals surface area contributed by atoms with Crippen LogP contribution in [-0.2, 0) is 0 Å². The van der Waals surface area contributed by atoms with E-state index in [2.05, 4.69) is 21.2 Å². The molecule has 4 heteroatoms. The molecule has 0 saturated carbocycles. The van der Waals surface area contributed by atoms with E-state index in [1.54, 1.807) is 23.5 Å². The second kappa shape index (κ2) is 5.08. The summed E-state index contributed by atoms with van der Waals surface area (Å²) >= 11 is 4.83. The molecule has 0 amide bonds. The van der Waals surface area contributed by atoms with Crippen molar-refractivity contribution in [3.05, 3.63) is 56.4 Å². The molecule has 1 heterocycles. The van der Waals surface area contributed by atoms with Crippen LogP contribution in [0.25, 0.3) is 0 Å². The summed E-state index contributed by atoms with van der Waals surface area (Å²) in [6, 6.07) is 9.26. The molecule has 0 aliphatic heterocycles.